The molecule has 0 amide bonds. The number of aliphatic hydroxyl groups excluding tert-OH is 1. The summed E-state index contributed by atoms with van der Waals surface area (Å²) < 4.78 is 14.2. The van der Waals surface area contributed by atoms with Crippen LogP contribution in [0.5, 0.6) is 0 Å². The predicted octanol–water partition coefficient (Wildman–Crippen LogP) is 1.33. The summed E-state index contributed by atoms with van der Waals surface area (Å²) in [5.74, 6) is -0.0401. The van der Waals surface area contributed by atoms with Gasteiger partial charge in [0.2, 0.25) is 0 Å². The van der Waals surface area contributed by atoms with E-state index in [2.05, 4.69) is 11.3 Å². The lowest BCUT2D eigenvalue weighted by atomic mass is 9.97. The molecule has 1 atom stereocenters. The maximum absolute atomic E-state index is 11.5. The lowest BCUT2D eigenvalue weighted by Gasteiger charge is -2.20. The maximum atomic E-state index is 11.5. The summed E-state index contributed by atoms with van der Waals surface area (Å²) in [6, 6.07) is 0. The first kappa shape index (κ1) is 22.5. The highest BCUT2D eigenvalue weighted by Crippen LogP contribution is 2.23. The van der Waals surface area contributed by atoms with Gasteiger partial charge in [0.05, 0.1) is 12.5 Å². The molecule has 138 valence electrons. The highest BCUT2D eigenvalue weighted by molar-refractivity contribution is 7.99. The Kier molecular flexibility index (Phi) is 11.1. The molecule has 0 bridgehead atoms. The highest BCUT2D eigenvalue weighted by Gasteiger charge is 2.28. The van der Waals surface area contributed by atoms with Gasteiger partial charge in [-0.1, -0.05) is 6.58 Å². The predicted molar refractivity (Wildman–Crippen MR) is 90.5 cm³/mol. The van der Waals surface area contributed by atoms with Crippen molar-refractivity contribution in [2.75, 3.05) is 31.8 Å². The van der Waals surface area contributed by atoms with Crippen LogP contribution in [-0.2, 0) is 28.6 Å². The SMILES string of the molecule is C=CC(=O)OCC(O)COC(=O)CCCSCC(C)(C)C(=O)OC. The summed E-state index contributed by atoms with van der Waals surface area (Å²) in [5, 5.41) is 9.48. The molecule has 0 heterocycles. The molecule has 7 nitrogen and oxygen atoms in total. The van der Waals surface area contributed by atoms with Crippen LogP contribution in [0.3, 0.4) is 0 Å². The standard InChI is InChI=1S/C16H26O7S/c1-5-13(18)22-9-12(17)10-23-14(19)7-6-8-24-11-16(2,3)15(20)21-4/h5,12,17H,1,6-11H2,2-4H3. The molecule has 24 heavy (non-hydrogen) atoms. The Bertz CT molecular complexity index is 434. The third-order valence-electron chi connectivity index (χ3n) is 2.89. The summed E-state index contributed by atoms with van der Waals surface area (Å²) in [6.45, 7) is 6.35. The number of aliphatic hydroxyl groups is 1. The molecule has 0 aromatic heterocycles. The third-order valence-corrected chi connectivity index (χ3v) is 4.39. The van der Waals surface area contributed by atoms with Crippen LogP contribution in [0.2, 0.25) is 0 Å². The zero-order valence-electron chi connectivity index (χ0n) is 14.4. The highest BCUT2D eigenvalue weighted by atomic mass is 32.2. The number of carbonyl (C=O) groups is 3. The lowest BCUT2D eigenvalue weighted by molar-refractivity contribution is -0.150. The fourth-order valence-electron chi connectivity index (χ4n) is 1.53. The van der Waals surface area contributed by atoms with Crippen molar-refractivity contribution >= 4 is 29.7 Å². The number of ether oxygens (including phenoxy) is 3. The van der Waals surface area contributed by atoms with Crippen molar-refractivity contribution < 1.29 is 33.7 Å². The van der Waals surface area contributed by atoms with Gasteiger partial charge in [-0.2, -0.15) is 11.8 Å². The van der Waals surface area contributed by atoms with Crippen molar-refractivity contribution in [2.24, 2.45) is 5.41 Å². The third kappa shape index (κ3) is 10.3. The number of thioether (sulfide) groups is 1. The van der Waals surface area contributed by atoms with Crippen LogP contribution >= 0.6 is 11.8 Å². The number of methoxy groups -OCH3 is 1. The zero-order valence-corrected chi connectivity index (χ0v) is 15.2. The van der Waals surface area contributed by atoms with Gasteiger partial charge < -0.3 is 19.3 Å². The normalized spacial score (nSPS) is 12.2. The van der Waals surface area contributed by atoms with Gasteiger partial charge in [0.25, 0.3) is 0 Å². The molecule has 0 aliphatic carbocycles. The van der Waals surface area contributed by atoms with Gasteiger partial charge in [0.1, 0.15) is 19.3 Å². The molecule has 0 spiro atoms. The fourth-order valence-corrected chi connectivity index (χ4v) is 2.65. The van der Waals surface area contributed by atoms with Crippen LogP contribution < -0.4 is 0 Å². The van der Waals surface area contributed by atoms with E-state index in [4.69, 9.17) is 9.47 Å². The minimum absolute atomic E-state index is 0.213. The van der Waals surface area contributed by atoms with Crippen molar-refractivity contribution in [3.63, 3.8) is 0 Å². The Morgan fingerprint density at radius 1 is 1.25 bits per heavy atom. The molecule has 0 aliphatic rings. The quantitative estimate of drug-likeness (QED) is 0.240. The Balaban J connectivity index is 3.75. The molecule has 0 aliphatic heterocycles. The monoisotopic (exact) mass is 362 g/mol. The van der Waals surface area contributed by atoms with Gasteiger partial charge in [0, 0.05) is 18.2 Å². The molecule has 8 heteroatoms. The van der Waals surface area contributed by atoms with Crippen molar-refractivity contribution in [1.82, 2.24) is 0 Å². The van der Waals surface area contributed by atoms with Gasteiger partial charge >= 0.3 is 17.9 Å². The molecular weight excluding hydrogens is 336 g/mol. The second kappa shape index (κ2) is 11.9. The Morgan fingerprint density at radius 3 is 2.46 bits per heavy atom. The molecular formula is C16H26O7S. The van der Waals surface area contributed by atoms with E-state index in [1.165, 1.54) is 7.11 Å². The molecule has 1 unspecified atom stereocenters. The van der Waals surface area contributed by atoms with E-state index in [0.717, 1.165) is 6.08 Å². The Morgan fingerprint density at radius 2 is 1.88 bits per heavy atom. The van der Waals surface area contributed by atoms with E-state index in [1.807, 2.05) is 0 Å². The minimum Gasteiger partial charge on any atom is -0.469 e. The first-order valence-electron chi connectivity index (χ1n) is 7.52. The molecule has 0 saturated carbocycles. The largest absolute Gasteiger partial charge is 0.469 e. The topological polar surface area (TPSA) is 99.1 Å². The van der Waals surface area contributed by atoms with Crippen LogP contribution in [0, 0.1) is 5.41 Å². The summed E-state index contributed by atoms with van der Waals surface area (Å²) in [4.78, 5) is 33.8. The number of hydrogen-bond donors (Lipinski definition) is 1. The summed E-state index contributed by atoms with van der Waals surface area (Å²) >= 11 is 1.56. The lowest BCUT2D eigenvalue weighted by Crippen LogP contribution is -2.28. The van der Waals surface area contributed by atoms with Crippen LogP contribution in [0.15, 0.2) is 12.7 Å². The second-order valence-electron chi connectivity index (χ2n) is 5.70. The molecule has 1 N–H and O–H groups in total. The summed E-state index contributed by atoms with van der Waals surface area (Å²) in [7, 11) is 1.36. The molecule has 0 radical (unpaired) electrons. The van der Waals surface area contributed by atoms with E-state index in [0.29, 0.717) is 17.9 Å². The fraction of sp³-hybridized carbons (Fsp3) is 0.688. The van der Waals surface area contributed by atoms with Crippen molar-refractivity contribution in [2.45, 2.75) is 32.8 Å². The van der Waals surface area contributed by atoms with Crippen molar-refractivity contribution in [1.29, 1.82) is 0 Å². The van der Waals surface area contributed by atoms with Gasteiger partial charge in [-0.3, -0.25) is 9.59 Å². The maximum Gasteiger partial charge on any atom is 0.330 e. The first-order valence-corrected chi connectivity index (χ1v) is 8.67. The molecule has 0 fully saturated rings. The summed E-state index contributed by atoms with van der Waals surface area (Å²) in [5.41, 5.74) is -0.563. The van der Waals surface area contributed by atoms with Crippen LogP contribution in [0.25, 0.3) is 0 Å². The number of carbonyl (C=O) groups excluding carboxylic acids is 3. The van der Waals surface area contributed by atoms with Gasteiger partial charge in [0.15, 0.2) is 0 Å². The number of hydrogen-bond acceptors (Lipinski definition) is 8. The average Bonchev–Trinajstić information content (AvgIpc) is 2.56. The second-order valence-corrected chi connectivity index (χ2v) is 6.81. The van der Waals surface area contributed by atoms with Crippen LogP contribution in [0.4, 0.5) is 0 Å². The van der Waals surface area contributed by atoms with Gasteiger partial charge in [-0.25, -0.2) is 4.79 Å². The average molecular weight is 362 g/mol. The van der Waals surface area contributed by atoms with E-state index in [-0.39, 0.29) is 25.6 Å². The van der Waals surface area contributed by atoms with Crippen LogP contribution in [-0.4, -0.2) is 60.9 Å². The van der Waals surface area contributed by atoms with Gasteiger partial charge in [-0.05, 0) is 26.0 Å². The van der Waals surface area contributed by atoms with Crippen molar-refractivity contribution in [3.05, 3.63) is 12.7 Å². The Labute approximate surface area is 146 Å². The van der Waals surface area contributed by atoms with Crippen molar-refractivity contribution in [3.8, 4) is 0 Å². The molecule has 0 saturated heterocycles. The smallest absolute Gasteiger partial charge is 0.330 e. The van der Waals surface area contributed by atoms with E-state index >= 15 is 0 Å². The minimum atomic E-state index is -1.06. The number of rotatable bonds is 12. The summed E-state index contributed by atoms with van der Waals surface area (Å²) in [6.07, 6.45) is 0.735. The molecule has 0 aromatic rings. The van der Waals surface area contributed by atoms with E-state index in [1.54, 1.807) is 25.6 Å². The van der Waals surface area contributed by atoms with E-state index < -0.39 is 23.5 Å². The molecule has 0 aromatic carbocycles. The Hall–Kier alpha value is -1.54. The van der Waals surface area contributed by atoms with E-state index in [9.17, 15) is 19.5 Å². The zero-order chi connectivity index (χ0) is 18.6. The first-order chi connectivity index (χ1) is 11.2. The molecule has 0 rings (SSSR count). The number of esters is 3. The van der Waals surface area contributed by atoms with Crippen LogP contribution in [0.1, 0.15) is 26.7 Å². The van der Waals surface area contributed by atoms with Gasteiger partial charge in [-0.15, -0.1) is 0 Å².